The largest absolute Gasteiger partial charge is 0.444 e. The van der Waals surface area contributed by atoms with Gasteiger partial charge in [-0.15, -0.1) is 24.0 Å². The van der Waals surface area contributed by atoms with Crippen molar-refractivity contribution < 1.29 is 14.3 Å². The van der Waals surface area contributed by atoms with Crippen molar-refractivity contribution in [2.75, 3.05) is 51.3 Å². The molecule has 0 spiro atoms. The number of rotatable bonds is 4. The summed E-state index contributed by atoms with van der Waals surface area (Å²) in [5.74, 6) is 1.81. The highest BCUT2D eigenvalue weighted by Gasteiger charge is 2.28. The van der Waals surface area contributed by atoms with E-state index in [1.807, 2.05) is 33.0 Å². The maximum Gasteiger partial charge on any atom is 0.407 e. The fraction of sp³-hybridized carbons (Fsp3) is 0.667. The molecule has 0 radical (unpaired) electrons. The van der Waals surface area contributed by atoms with Gasteiger partial charge in [0.1, 0.15) is 11.4 Å². The third kappa shape index (κ3) is 7.67. The van der Waals surface area contributed by atoms with Gasteiger partial charge in [0.2, 0.25) is 0 Å². The van der Waals surface area contributed by atoms with E-state index < -0.39 is 5.60 Å². The average molecular weight is 546 g/mol. The number of carbonyl (C=O) groups excluding carboxylic acids is 1. The second kappa shape index (κ2) is 11.7. The molecule has 1 amide bonds. The number of halogens is 1. The summed E-state index contributed by atoms with van der Waals surface area (Å²) >= 11 is 0. The maximum atomic E-state index is 12.0. The van der Waals surface area contributed by atoms with Gasteiger partial charge in [0.25, 0.3) is 0 Å². The predicted octanol–water partition coefficient (Wildman–Crippen LogP) is 2.21. The van der Waals surface area contributed by atoms with Crippen LogP contribution in [0.1, 0.15) is 32.8 Å². The molecule has 0 bridgehead atoms. The first-order valence-corrected chi connectivity index (χ1v) is 10.6. The van der Waals surface area contributed by atoms with Crippen molar-refractivity contribution in [1.82, 2.24) is 20.5 Å². The van der Waals surface area contributed by atoms with Gasteiger partial charge in [0, 0.05) is 51.5 Å². The van der Waals surface area contributed by atoms with E-state index in [1.54, 1.807) is 7.05 Å². The van der Waals surface area contributed by atoms with Gasteiger partial charge in [-0.05, 0) is 33.3 Å². The number of alkyl carbamates (subject to hydrolysis) is 1. The lowest BCUT2D eigenvalue weighted by Crippen LogP contribution is -2.44. The lowest BCUT2D eigenvalue weighted by atomic mass is 10.2. The standard InChI is InChI=1S/C21H34N6O3.HI/c1-21(2,3)30-20(28)25-17-7-9-27(15-17)19(22-4)24-14-16-6-5-8-23-18(16)26-10-12-29-13-11-26;/h5-6,8,17H,7,9-15H2,1-4H3,(H,22,24)(H,25,28);1H. The molecule has 0 aromatic carbocycles. The van der Waals surface area contributed by atoms with Gasteiger partial charge in [-0.3, -0.25) is 4.99 Å². The minimum absolute atomic E-state index is 0. The van der Waals surface area contributed by atoms with Crippen LogP contribution in [-0.4, -0.2) is 80.0 Å². The number of morpholine rings is 1. The highest BCUT2D eigenvalue weighted by Crippen LogP contribution is 2.19. The fourth-order valence-corrected chi connectivity index (χ4v) is 3.68. The van der Waals surface area contributed by atoms with Crippen molar-refractivity contribution in [2.45, 2.75) is 45.4 Å². The Labute approximate surface area is 202 Å². The van der Waals surface area contributed by atoms with Crippen LogP contribution in [0.3, 0.4) is 0 Å². The van der Waals surface area contributed by atoms with Gasteiger partial charge < -0.3 is 29.9 Å². The summed E-state index contributed by atoms with van der Waals surface area (Å²) in [6, 6.07) is 4.09. The van der Waals surface area contributed by atoms with Crippen molar-refractivity contribution in [1.29, 1.82) is 0 Å². The van der Waals surface area contributed by atoms with Crippen LogP contribution in [0.2, 0.25) is 0 Å². The highest BCUT2D eigenvalue weighted by atomic mass is 127. The van der Waals surface area contributed by atoms with Gasteiger partial charge >= 0.3 is 6.09 Å². The first kappa shape index (κ1) is 25.4. The summed E-state index contributed by atoms with van der Waals surface area (Å²) < 4.78 is 10.8. The van der Waals surface area contributed by atoms with Crippen molar-refractivity contribution in [2.24, 2.45) is 4.99 Å². The molecule has 1 aromatic heterocycles. The molecule has 9 nitrogen and oxygen atoms in total. The first-order chi connectivity index (χ1) is 14.4. The Bertz CT molecular complexity index is 749. The van der Waals surface area contributed by atoms with Crippen LogP contribution >= 0.6 is 24.0 Å². The number of ether oxygens (including phenoxy) is 2. The molecule has 2 saturated heterocycles. The molecule has 1 unspecified atom stereocenters. The Morgan fingerprint density at radius 2 is 2.06 bits per heavy atom. The zero-order valence-electron chi connectivity index (χ0n) is 18.9. The molecule has 1 atom stereocenters. The molecule has 174 valence electrons. The number of likely N-dealkylation sites (tertiary alicyclic amines) is 1. The number of hydrogen-bond donors (Lipinski definition) is 2. The van der Waals surface area contributed by atoms with Crippen LogP contribution < -0.4 is 15.5 Å². The van der Waals surface area contributed by atoms with E-state index >= 15 is 0 Å². The van der Waals surface area contributed by atoms with E-state index in [-0.39, 0.29) is 36.1 Å². The number of nitrogens with one attached hydrogen (secondary N) is 2. The number of guanidine groups is 1. The van der Waals surface area contributed by atoms with Crippen molar-refractivity contribution >= 4 is 41.8 Å². The second-order valence-electron chi connectivity index (χ2n) is 8.56. The predicted molar refractivity (Wildman–Crippen MR) is 132 cm³/mol. The Hall–Kier alpha value is -1.82. The summed E-state index contributed by atoms with van der Waals surface area (Å²) in [4.78, 5) is 25.5. The Balaban J connectivity index is 0.00000341. The van der Waals surface area contributed by atoms with Crippen molar-refractivity contribution in [3.63, 3.8) is 0 Å². The van der Waals surface area contributed by atoms with Crippen molar-refractivity contribution in [3.05, 3.63) is 23.9 Å². The van der Waals surface area contributed by atoms with Crippen molar-refractivity contribution in [3.8, 4) is 0 Å². The monoisotopic (exact) mass is 546 g/mol. The number of hydrogen-bond acceptors (Lipinski definition) is 6. The highest BCUT2D eigenvalue weighted by molar-refractivity contribution is 14.0. The molecule has 2 fully saturated rings. The van der Waals surface area contributed by atoms with E-state index in [4.69, 9.17) is 9.47 Å². The number of aliphatic imine (C=N–C) groups is 1. The quantitative estimate of drug-likeness (QED) is 0.340. The number of aromatic nitrogens is 1. The number of anilines is 1. The molecule has 2 aliphatic heterocycles. The SMILES string of the molecule is CN=C(NCc1cccnc1N1CCOCC1)N1CCC(NC(=O)OC(C)(C)C)C1.I. The molecule has 2 N–H and O–H groups in total. The smallest absolute Gasteiger partial charge is 0.407 e. The van der Waals surface area contributed by atoms with E-state index in [0.717, 1.165) is 56.6 Å². The van der Waals surface area contributed by atoms with E-state index in [1.165, 1.54) is 0 Å². The second-order valence-corrected chi connectivity index (χ2v) is 8.56. The summed E-state index contributed by atoms with van der Waals surface area (Å²) in [5.41, 5.74) is 0.630. The molecule has 0 aliphatic carbocycles. The van der Waals surface area contributed by atoms with Gasteiger partial charge in [0.15, 0.2) is 5.96 Å². The maximum absolute atomic E-state index is 12.0. The molecular formula is C21H35IN6O3. The summed E-state index contributed by atoms with van der Waals surface area (Å²) in [6.07, 6.45) is 2.31. The molecule has 2 aliphatic rings. The molecule has 1 aromatic rings. The fourth-order valence-electron chi connectivity index (χ4n) is 3.68. The topological polar surface area (TPSA) is 91.3 Å². The molecule has 31 heavy (non-hydrogen) atoms. The zero-order valence-corrected chi connectivity index (χ0v) is 21.2. The number of pyridine rings is 1. The molecule has 3 heterocycles. The van der Waals surface area contributed by atoms with Crippen LogP contribution in [0.25, 0.3) is 0 Å². The Kier molecular flexibility index (Phi) is 9.60. The lowest BCUT2D eigenvalue weighted by Gasteiger charge is -2.30. The number of nitrogens with zero attached hydrogens (tertiary/aromatic N) is 4. The van der Waals surface area contributed by atoms with Crippen LogP contribution in [0, 0.1) is 0 Å². The van der Waals surface area contributed by atoms with Gasteiger partial charge in [-0.25, -0.2) is 9.78 Å². The molecule has 10 heteroatoms. The average Bonchev–Trinajstić information content (AvgIpc) is 3.16. The van der Waals surface area contributed by atoms with E-state index in [2.05, 4.69) is 36.5 Å². The molecule has 3 rings (SSSR count). The zero-order chi connectivity index (χ0) is 21.6. The van der Waals surface area contributed by atoms with Gasteiger partial charge in [-0.2, -0.15) is 0 Å². The summed E-state index contributed by atoms with van der Waals surface area (Å²) in [7, 11) is 1.78. The normalized spacial score (nSPS) is 19.6. The Morgan fingerprint density at radius 3 is 2.74 bits per heavy atom. The third-order valence-electron chi connectivity index (χ3n) is 5.04. The van der Waals surface area contributed by atoms with Crippen LogP contribution in [-0.2, 0) is 16.0 Å². The van der Waals surface area contributed by atoms with Gasteiger partial charge in [-0.1, -0.05) is 6.07 Å². The van der Waals surface area contributed by atoms with Gasteiger partial charge in [0.05, 0.1) is 19.3 Å². The first-order valence-electron chi connectivity index (χ1n) is 10.6. The van der Waals surface area contributed by atoms with Crippen LogP contribution in [0.5, 0.6) is 0 Å². The number of amides is 1. The summed E-state index contributed by atoms with van der Waals surface area (Å²) in [6.45, 7) is 10.9. The van der Waals surface area contributed by atoms with Crippen LogP contribution in [0.4, 0.5) is 10.6 Å². The summed E-state index contributed by atoms with van der Waals surface area (Å²) in [5, 5.41) is 6.41. The molecular weight excluding hydrogens is 511 g/mol. The Morgan fingerprint density at radius 1 is 1.32 bits per heavy atom. The minimum atomic E-state index is -0.498. The number of carbonyl (C=O) groups is 1. The van der Waals surface area contributed by atoms with E-state index in [0.29, 0.717) is 13.1 Å². The van der Waals surface area contributed by atoms with Crippen LogP contribution in [0.15, 0.2) is 23.3 Å². The minimum Gasteiger partial charge on any atom is -0.444 e. The molecule has 0 saturated carbocycles. The lowest BCUT2D eigenvalue weighted by molar-refractivity contribution is 0.0507. The van der Waals surface area contributed by atoms with E-state index in [9.17, 15) is 4.79 Å². The third-order valence-corrected chi connectivity index (χ3v) is 5.04.